The molecule has 1 unspecified atom stereocenters. The van der Waals surface area contributed by atoms with E-state index in [1.54, 1.807) is 19.1 Å². The van der Waals surface area contributed by atoms with Gasteiger partial charge in [-0.2, -0.15) is 0 Å². The van der Waals surface area contributed by atoms with E-state index in [9.17, 15) is 14.4 Å². The molecule has 1 aliphatic rings. The molecule has 1 aromatic carbocycles. The number of amides is 2. The van der Waals surface area contributed by atoms with Crippen molar-refractivity contribution in [2.24, 2.45) is 0 Å². The Balaban J connectivity index is 1.94. The minimum atomic E-state index is -1.01. The van der Waals surface area contributed by atoms with E-state index in [1.807, 2.05) is 0 Å². The monoisotopic (exact) mass is 396 g/mol. The Kier molecular flexibility index (Phi) is 7.47. The van der Waals surface area contributed by atoms with Gasteiger partial charge >= 0.3 is 5.97 Å². The number of anilines is 1. The summed E-state index contributed by atoms with van der Waals surface area (Å²) in [6, 6.07) is 3.29. The zero-order valence-corrected chi connectivity index (χ0v) is 16.6. The van der Waals surface area contributed by atoms with Gasteiger partial charge in [0.05, 0.1) is 12.8 Å². The molecule has 0 aromatic heterocycles. The minimum Gasteiger partial charge on any atom is -0.495 e. The molecule has 8 heteroatoms. The SMILES string of the molecule is COc1cc(Cl)c(C)cc1NC(=O)C(C)OC(=O)CN1CCCCCC1=O. The first kappa shape index (κ1) is 21.0. The summed E-state index contributed by atoms with van der Waals surface area (Å²) in [5.41, 5.74) is 1.21. The van der Waals surface area contributed by atoms with Crippen LogP contribution in [0.2, 0.25) is 5.02 Å². The van der Waals surface area contributed by atoms with Crippen LogP contribution in [0, 0.1) is 6.92 Å². The molecule has 148 valence electrons. The number of hydrogen-bond donors (Lipinski definition) is 1. The van der Waals surface area contributed by atoms with Crippen LogP contribution in [0.3, 0.4) is 0 Å². The maximum atomic E-state index is 12.4. The molecular weight excluding hydrogens is 372 g/mol. The topological polar surface area (TPSA) is 84.9 Å². The van der Waals surface area contributed by atoms with E-state index in [0.29, 0.717) is 29.4 Å². The maximum absolute atomic E-state index is 12.4. The van der Waals surface area contributed by atoms with Crippen molar-refractivity contribution < 1.29 is 23.9 Å². The summed E-state index contributed by atoms with van der Waals surface area (Å²) in [5, 5.41) is 3.20. The number of carbonyl (C=O) groups is 3. The summed E-state index contributed by atoms with van der Waals surface area (Å²) in [4.78, 5) is 37.9. The van der Waals surface area contributed by atoms with Crippen LogP contribution in [0.4, 0.5) is 5.69 Å². The van der Waals surface area contributed by atoms with E-state index in [2.05, 4.69) is 5.32 Å². The van der Waals surface area contributed by atoms with Gasteiger partial charge in [-0.3, -0.25) is 14.4 Å². The third-order valence-corrected chi connectivity index (χ3v) is 4.81. The summed E-state index contributed by atoms with van der Waals surface area (Å²) in [6.45, 7) is 3.68. The van der Waals surface area contributed by atoms with Gasteiger partial charge in [-0.05, 0) is 38.3 Å². The molecule has 1 aliphatic heterocycles. The van der Waals surface area contributed by atoms with Gasteiger partial charge in [-0.25, -0.2) is 0 Å². The van der Waals surface area contributed by atoms with Crippen LogP contribution in [-0.4, -0.2) is 49.0 Å². The molecule has 2 rings (SSSR count). The van der Waals surface area contributed by atoms with Crippen LogP contribution in [-0.2, 0) is 19.1 Å². The summed E-state index contributed by atoms with van der Waals surface area (Å²) in [6.07, 6.45) is 2.11. The van der Waals surface area contributed by atoms with Gasteiger partial charge in [0.25, 0.3) is 5.91 Å². The normalized spacial score (nSPS) is 15.7. The Morgan fingerprint density at radius 2 is 2.04 bits per heavy atom. The van der Waals surface area contributed by atoms with Crippen molar-refractivity contribution in [1.29, 1.82) is 0 Å². The van der Waals surface area contributed by atoms with E-state index in [4.69, 9.17) is 21.1 Å². The Morgan fingerprint density at radius 1 is 1.30 bits per heavy atom. The van der Waals surface area contributed by atoms with Crippen LogP contribution in [0.1, 0.15) is 38.2 Å². The Labute approximate surface area is 163 Å². The lowest BCUT2D eigenvalue weighted by molar-refractivity contribution is -0.156. The average molecular weight is 397 g/mol. The van der Waals surface area contributed by atoms with Crippen molar-refractivity contribution in [2.45, 2.75) is 45.6 Å². The lowest BCUT2D eigenvalue weighted by atomic mass is 10.2. The summed E-state index contributed by atoms with van der Waals surface area (Å²) < 4.78 is 10.4. The molecule has 1 atom stereocenters. The number of carbonyl (C=O) groups excluding carboxylic acids is 3. The van der Waals surface area contributed by atoms with Crippen LogP contribution < -0.4 is 10.1 Å². The van der Waals surface area contributed by atoms with Gasteiger partial charge in [-0.1, -0.05) is 18.0 Å². The summed E-state index contributed by atoms with van der Waals surface area (Å²) >= 11 is 6.05. The number of hydrogen-bond acceptors (Lipinski definition) is 5. The van der Waals surface area contributed by atoms with Crippen LogP contribution in [0.25, 0.3) is 0 Å². The molecule has 1 fully saturated rings. The molecule has 1 N–H and O–H groups in total. The van der Waals surface area contributed by atoms with E-state index >= 15 is 0 Å². The number of ether oxygens (including phenoxy) is 2. The second kappa shape index (κ2) is 9.60. The van der Waals surface area contributed by atoms with Gasteiger partial charge < -0.3 is 19.7 Å². The minimum absolute atomic E-state index is 0.0528. The third kappa shape index (κ3) is 5.85. The predicted octanol–water partition coefficient (Wildman–Crippen LogP) is 2.93. The van der Waals surface area contributed by atoms with E-state index in [0.717, 1.165) is 24.8 Å². The van der Waals surface area contributed by atoms with Gasteiger partial charge in [0.15, 0.2) is 6.10 Å². The molecule has 7 nitrogen and oxygen atoms in total. The van der Waals surface area contributed by atoms with E-state index < -0.39 is 18.0 Å². The molecular formula is C19H25ClN2O5. The zero-order valence-electron chi connectivity index (χ0n) is 15.8. The second-order valence-corrected chi connectivity index (χ2v) is 6.96. The van der Waals surface area contributed by atoms with E-state index in [-0.39, 0.29) is 12.5 Å². The fourth-order valence-corrected chi connectivity index (χ4v) is 2.97. The first-order chi connectivity index (χ1) is 12.8. The maximum Gasteiger partial charge on any atom is 0.326 e. The lowest BCUT2D eigenvalue weighted by Crippen LogP contribution is -2.38. The standard InChI is InChI=1S/C19H25ClN2O5/c1-12-9-15(16(26-3)10-14(12)20)21-19(25)13(2)27-18(24)11-22-8-6-4-5-7-17(22)23/h9-10,13H,4-8,11H2,1-3H3,(H,21,25). The molecule has 0 saturated carbocycles. The van der Waals surface area contributed by atoms with E-state index in [1.165, 1.54) is 18.9 Å². The Hall–Kier alpha value is -2.28. The largest absolute Gasteiger partial charge is 0.495 e. The third-order valence-electron chi connectivity index (χ3n) is 4.41. The highest BCUT2D eigenvalue weighted by Crippen LogP contribution is 2.31. The Morgan fingerprint density at radius 3 is 2.74 bits per heavy atom. The smallest absolute Gasteiger partial charge is 0.326 e. The van der Waals surface area contributed by atoms with Crippen molar-refractivity contribution in [3.8, 4) is 5.75 Å². The number of benzene rings is 1. The molecule has 2 amide bonds. The number of aryl methyl sites for hydroxylation is 1. The number of rotatable bonds is 6. The van der Waals surface area contributed by atoms with Crippen molar-refractivity contribution in [3.05, 3.63) is 22.7 Å². The fraction of sp³-hybridized carbons (Fsp3) is 0.526. The zero-order chi connectivity index (χ0) is 20.0. The van der Waals surface area contributed by atoms with Crippen LogP contribution >= 0.6 is 11.6 Å². The van der Waals surface area contributed by atoms with Crippen LogP contribution in [0.5, 0.6) is 5.75 Å². The summed E-state index contributed by atoms with van der Waals surface area (Å²) in [7, 11) is 1.47. The molecule has 1 aromatic rings. The van der Waals surface area contributed by atoms with Gasteiger partial charge in [-0.15, -0.1) is 0 Å². The number of nitrogens with zero attached hydrogens (tertiary/aromatic N) is 1. The van der Waals surface area contributed by atoms with Gasteiger partial charge in [0.2, 0.25) is 5.91 Å². The highest BCUT2D eigenvalue weighted by Gasteiger charge is 2.24. The molecule has 0 radical (unpaired) electrons. The van der Waals surface area contributed by atoms with Crippen molar-refractivity contribution in [1.82, 2.24) is 4.90 Å². The van der Waals surface area contributed by atoms with Crippen LogP contribution in [0.15, 0.2) is 12.1 Å². The first-order valence-corrected chi connectivity index (χ1v) is 9.32. The molecule has 1 saturated heterocycles. The number of nitrogens with one attached hydrogen (secondary N) is 1. The average Bonchev–Trinajstić information content (AvgIpc) is 2.82. The quantitative estimate of drug-likeness (QED) is 0.747. The molecule has 0 aliphatic carbocycles. The predicted molar refractivity (Wildman–Crippen MR) is 102 cm³/mol. The fourth-order valence-electron chi connectivity index (χ4n) is 2.81. The highest BCUT2D eigenvalue weighted by atomic mass is 35.5. The molecule has 1 heterocycles. The summed E-state index contributed by atoms with van der Waals surface area (Å²) in [5.74, 6) is -0.742. The van der Waals surface area contributed by atoms with Gasteiger partial charge in [0.1, 0.15) is 12.3 Å². The number of esters is 1. The Bertz CT molecular complexity index is 722. The van der Waals surface area contributed by atoms with Crippen molar-refractivity contribution in [2.75, 3.05) is 25.5 Å². The highest BCUT2D eigenvalue weighted by molar-refractivity contribution is 6.31. The number of halogens is 1. The first-order valence-electron chi connectivity index (χ1n) is 8.94. The molecule has 0 bridgehead atoms. The molecule has 0 spiro atoms. The lowest BCUT2D eigenvalue weighted by Gasteiger charge is -2.21. The van der Waals surface area contributed by atoms with Gasteiger partial charge in [0, 0.05) is 24.1 Å². The number of likely N-dealkylation sites (tertiary alicyclic amines) is 1. The molecule has 27 heavy (non-hydrogen) atoms. The number of methoxy groups -OCH3 is 1. The second-order valence-electron chi connectivity index (χ2n) is 6.55. The van der Waals surface area contributed by atoms with Crippen molar-refractivity contribution >= 4 is 35.1 Å². The van der Waals surface area contributed by atoms with Crippen molar-refractivity contribution in [3.63, 3.8) is 0 Å².